The molecule has 1 N–H and O–H groups in total. The number of rotatable bonds is 8. The van der Waals surface area contributed by atoms with Gasteiger partial charge in [0.05, 0.1) is 13.2 Å². The van der Waals surface area contributed by atoms with Gasteiger partial charge in [0.25, 0.3) is 5.91 Å². The number of nitrogens with zero attached hydrogens (tertiary/aromatic N) is 4. The predicted octanol–water partition coefficient (Wildman–Crippen LogP) is 2.19. The van der Waals surface area contributed by atoms with E-state index in [9.17, 15) is 4.79 Å². The molecule has 7 nitrogen and oxygen atoms in total. The second-order valence-corrected chi connectivity index (χ2v) is 8.45. The molecule has 0 aromatic carbocycles. The van der Waals surface area contributed by atoms with E-state index in [0.29, 0.717) is 30.8 Å². The third-order valence-electron chi connectivity index (χ3n) is 5.13. The summed E-state index contributed by atoms with van der Waals surface area (Å²) in [5.41, 5.74) is 0.440. The number of hydrogen-bond donors (Lipinski definition) is 1. The largest absolute Gasteiger partial charge is 0.378 e. The van der Waals surface area contributed by atoms with Gasteiger partial charge in [-0.05, 0) is 36.6 Å². The lowest BCUT2D eigenvalue weighted by molar-refractivity contribution is 0.0946. The molecule has 4 rings (SSSR count). The van der Waals surface area contributed by atoms with Gasteiger partial charge in [-0.2, -0.15) is 4.98 Å². The number of carbonyl (C=O) groups excluding carboxylic acids is 1. The molecule has 2 aromatic rings. The number of amides is 1. The normalized spacial score (nSPS) is 16.8. The van der Waals surface area contributed by atoms with Crippen molar-refractivity contribution in [3.8, 4) is 0 Å². The molecule has 0 bridgehead atoms. The predicted molar refractivity (Wildman–Crippen MR) is 111 cm³/mol. The van der Waals surface area contributed by atoms with Crippen molar-refractivity contribution in [1.82, 2.24) is 15.3 Å². The molecule has 1 aliphatic carbocycles. The van der Waals surface area contributed by atoms with Gasteiger partial charge in [0.1, 0.15) is 11.5 Å². The Balaban J connectivity index is 1.52. The van der Waals surface area contributed by atoms with Crippen LogP contribution in [-0.2, 0) is 11.2 Å². The van der Waals surface area contributed by atoms with Crippen LogP contribution in [0.5, 0.6) is 0 Å². The number of ether oxygens (including phenoxy) is 1. The van der Waals surface area contributed by atoms with E-state index < -0.39 is 0 Å². The van der Waals surface area contributed by atoms with Crippen molar-refractivity contribution in [3.05, 3.63) is 34.2 Å². The van der Waals surface area contributed by atoms with Crippen molar-refractivity contribution in [2.75, 3.05) is 56.2 Å². The van der Waals surface area contributed by atoms with E-state index in [2.05, 4.69) is 32.7 Å². The summed E-state index contributed by atoms with van der Waals surface area (Å²) in [4.78, 5) is 27.5. The van der Waals surface area contributed by atoms with Gasteiger partial charge in [-0.15, -0.1) is 11.3 Å². The molecule has 1 saturated heterocycles. The zero-order valence-corrected chi connectivity index (χ0v) is 17.1. The van der Waals surface area contributed by atoms with Crippen molar-refractivity contribution < 1.29 is 9.53 Å². The number of anilines is 2. The number of likely N-dealkylation sites (N-methyl/N-ethyl adjacent to an activating group) is 1. The topological polar surface area (TPSA) is 70.6 Å². The molecule has 2 fully saturated rings. The fourth-order valence-corrected chi connectivity index (χ4v) is 3.84. The van der Waals surface area contributed by atoms with Crippen molar-refractivity contribution in [3.63, 3.8) is 0 Å². The standard InChI is InChI=1S/C20H27N5O2S/c1-24(7-6-16-3-2-12-28-16)20-22-17(19(26)21-14-15-4-5-15)13-18(23-20)25-8-10-27-11-9-25/h2-3,12-13,15H,4-11,14H2,1H3,(H,21,26). The molecular weight excluding hydrogens is 374 g/mol. The monoisotopic (exact) mass is 401 g/mol. The zero-order valence-electron chi connectivity index (χ0n) is 16.3. The smallest absolute Gasteiger partial charge is 0.270 e. The van der Waals surface area contributed by atoms with Gasteiger partial charge in [-0.3, -0.25) is 4.79 Å². The highest BCUT2D eigenvalue weighted by molar-refractivity contribution is 7.09. The first-order valence-corrected chi connectivity index (χ1v) is 10.8. The second kappa shape index (κ2) is 8.87. The molecule has 150 valence electrons. The van der Waals surface area contributed by atoms with E-state index in [4.69, 9.17) is 9.72 Å². The summed E-state index contributed by atoms with van der Waals surface area (Å²) in [6.45, 7) is 4.44. The van der Waals surface area contributed by atoms with Gasteiger partial charge in [0.15, 0.2) is 0 Å². The minimum absolute atomic E-state index is 0.114. The van der Waals surface area contributed by atoms with Crippen LogP contribution in [0.2, 0.25) is 0 Å². The average molecular weight is 402 g/mol. The Bertz CT molecular complexity index is 788. The van der Waals surface area contributed by atoms with Crippen molar-refractivity contribution in [2.45, 2.75) is 19.3 Å². The van der Waals surface area contributed by atoms with Crippen LogP contribution < -0.4 is 15.1 Å². The molecule has 3 heterocycles. The van der Waals surface area contributed by atoms with Gasteiger partial charge in [0.2, 0.25) is 5.95 Å². The van der Waals surface area contributed by atoms with Crippen molar-refractivity contribution >= 4 is 29.0 Å². The first kappa shape index (κ1) is 19.1. The third kappa shape index (κ3) is 4.99. The van der Waals surface area contributed by atoms with Crippen LogP contribution in [0.3, 0.4) is 0 Å². The summed E-state index contributed by atoms with van der Waals surface area (Å²) in [7, 11) is 1.98. The van der Waals surface area contributed by atoms with Crippen LogP contribution in [-0.4, -0.2) is 62.3 Å². The van der Waals surface area contributed by atoms with E-state index in [1.54, 1.807) is 11.3 Å². The molecule has 1 saturated carbocycles. The van der Waals surface area contributed by atoms with E-state index in [0.717, 1.165) is 38.4 Å². The van der Waals surface area contributed by atoms with E-state index >= 15 is 0 Å². The van der Waals surface area contributed by atoms with Gasteiger partial charge in [0, 0.05) is 44.2 Å². The van der Waals surface area contributed by atoms with Crippen LogP contribution in [0.1, 0.15) is 28.2 Å². The molecular formula is C20H27N5O2S. The van der Waals surface area contributed by atoms with Crippen LogP contribution in [0.4, 0.5) is 11.8 Å². The number of nitrogens with one attached hydrogen (secondary N) is 1. The molecule has 2 aromatic heterocycles. The maximum Gasteiger partial charge on any atom is 0.270 e. The van der Waals surface area contributed by atoms with Crippen LogP contribution in [0, 0.1) is 5.92 Å². The Kier molecular flexibility index (Phi) is 6.07. The fraction of sp³-hybridized carbons (Fsp3) is 0.550. The molecule has 0 radical (unpaired) electrons. The van der Waals surface area contributed by atoms with E-state index in [1.165, 1.54) is 17.7 Å². The first-order valence-electron chi connectivity index (χ1n) is 9.92. The third-order valence-corrected chi connectivity index (χ3v) is 6.07. The molecule has 8 heteroatoms. The molecule has 1 amide bonds. The summed E-state index contributed by atoms with van der Waals surface area (Å²) >= 11 is 1.76. The highest BCUT2D eigenvalue weighted by Crippen LogP contribution is 2.27. The summed E-state index contributed by atoms with van der Waals surface area (Å²) in [6.07, 6.45) is 3.35. The fourth-order valence-electron chi connectivity index (χ4n) is 3.15. The average Bonchev–Trinajstić information content (AvgIpc) is 3.43. The lowest BCUT2D eigenvalue weighted by Gasteiger charge is -2.29. The van der Waals surface area contributed by atoms with Crippen LogP contribution >= 0.6 is 11.3 Å². The Labute approximate surface area is 169 Å². The SMILES string of the molecule is CN(CCc1cccs1)c1nc(C(=O)NCC2CC2)cc(N2CCOCC2)n1. The molecule has 0 atom stereocenters. The summed E-state index contributed by atoms with van der Waals surface area (Å²) in [6, 6.07) is 6.02. The molecule has 2 aliphatic rings. The minimum atomic E-state index is -0.114. The van der Waals surface area contributed by atoms with Gasteiger partial charge in [-0.1, -0.05) is 6.07 Å². The van der Waals surface area contributed by atoms with Gasteiger partial charge < -0.3 is 19.9 Å². The lowest BCUT2D eigenvalue weighted by atomic mass is 10.3. The van der Waals surface area contributed by atoms with Crippen LogP contribution in [0.15, 0.2) is 23.6 Å². The number of carbonyl (C=O) groups is 1. The maximum atomic E-state index is 12.7. The van der Waals surface area contributed by atoms with E-state index in [-0.39, 0.29) is 5.91 Å². The number of thiophene rings is 1. The highest BCUT2D eigenvalue weighted by atomic mass is 32.1. The lowest BCUT2D eigenvalue weighted by Crippen LogP contribution is -2.37. The number of aromatic nitrogens is 2. The summed E-state index contributed by atoms with van der Waals surface area (Å²) < 4.78 is 5.45. The Hall–Kier alpha value is -2.19. The quantitative estimate of drug-likeness (QED) is 0.731. The molecule has 1 aliphatic heterocycles. The first-order chi connectivity index (χ1) is 13.7. The number of morpholine rings is 1. The van der Waals surface area contributed by atoms with E-state index in [1.807, 2.05) is 18.0 Å². The molecule has 0 unspecified atom stereocenters. The Morgan fingerprint density at radius 2 is 2.18 bits per heavy atom. The van der Waals surface area contributed by atoms with Crippen LogP contribution in [0.25, 0.3) is 0 Å². The van der Waals surface area contributed by atoms with Gasteiger partial charge >= 0.3 is 0 Å². The zero-order chi connectivity index (χ0) is 19.3. The second-order valence-electron chi connectivity index (χ2n) is 7.42. The van der Waals surface area contributed by atoms with Crippen molar-refractivity contribution in [1.29, 1.82) is 0 Å². The Morgan fingerprint density at radius 1 is 1.36 bits per heavy atom. The summed E-state index contributed by atoms with van der Waals surface area (Å²) in [5, 5.41) is 5.11. The molecule has 28 heavy (non-hydrogen) atoms. The number of hydrogen-bond acceptors (Lipinski definition) is 7. The minimum Gasteiger partial charge on any atom is -0.378 e. The van der Waals surface area contributed by atoms with Crippen molar-refractivity contribution in [2.24, 2.45) is 5.92 Å². The Morgan fingerprint density at radius 3 is 2.89 bits per heavy atom. The highest BCUT2D eigenvalue weighted by Gasteiger charge is 2.23. The summed E-state index contributed by atoms with van der Waals surface area (Å²) in [5.74, 6) is 1.92. The molecule has 0 spiro atoms. The maximum absolute atomic E-state index is 12.7. The van der Waals surface area contributed by atoms with Gasteiger partial charge in [-0.25, -0.2) is 4.98 Å².